The summed E-state index contributed by atoms with van der Waals surface area (Å²) in [4.78, 5) is 4.79. The van der Waals surface area contributed by atoms with Crippen LogP contribution in [0.5, 0.6) is 0 Å². The van der Waals surface area contributed by atoms with Crippen LogP contribution in [0.3, 0.4) is 0 Å². The van der Waals surface area contributed by atoms with E-state index in [9.17, 15) is 0 Å². The van der Waals surface area contributed by atoms with E-state index in [1.165, 1.54) is 86.2 Å². The predicted molar refractivity (Wildman–Crippen MR) is 365 cm³/mol. The van der Waals surface area contributed by atoms with E-state index in [1.54, 1.807) is 0 Å². The molecule has 0 unspecified atom stereocenters. The Hall–Kier alpha value is -11.5. The lowest BCUT2D eigenvalue weighted by Gasteiger charge is -2.27. The lowest BCUT2D eigenvalue weighted by molar-refractivity contribution is 0.664. The van der Waals surface area contributed by atoms with Crippen LogP contribution in [0.4, 0.5) is 34.1 Å². The molecule has 0 saturated heterocycles. The molecule has 2 heterocycles. The second-order valence-electron chi connectivity index (χ2n) is 23.2. The highest BCUT2D eigenvalue weighted by Gasteiger charge is 2.21. The third-order valence-corrected chi connectivity index (χ3v) is 18.4. The van der Waals surface area contributed by atoms with Gasteiger partial charge in [-0.15, -0.1) is 0 Å². The fourth-order valence-corrected chi connectivity index (χ4v) is 14.2. The first kappa shape index (κ1) is 47.1. The van der Waals surface area contributed by atoms with Gasteiger partial charge in [0.2, 0.25) is 0 Å². The van der Waals surface area contributed by atoms with Gasteiger partial charge in [0.15, 0.2) is 0 Å². The van der Waals surface area contributed by atoms with E-state index in [1.807, 2.05) is 0 Å². The van der Waals surface area contributed by atoms with Crippen LogP contribution >= 0.6 is 0 Å². The highest BCUT2D eigenvalue weighted by Crippen LogP contribution is 2.46. The van der Waals surface area contributed by atoms with Gasteiger partial charge >= 0.3 is 0 Å². The fourth-order valence-electron chi connectivity index (χ4n) is 14.2. The summed E-state index contributed by atoms with van der Waals surface area (Å²) in [6.45, 7) is 0. The first-order valence-electron chi connectivity index (χ1n) is 29.5. The Morgan fingerprint density at radius 1 is 0.151 bits per heavy atom. The van der Waals surface area contributed by atoms with Gasteiger partial charge in [0.25, 0.3) is 0 Å². The second-order valence-corrected chi connectivity index (χ2v) is 23.2. The minimum Gasteiger partial charge on any atom is -0.456 e. The zero-order valence-electron chi connectivity index (χ0n) is 46.4. The summed E-state index contributed by atoms with van der Waals surface area (Å²) in [7, 11) is 0. The van der Waals surface area contributed by atoms with Crippen LogP contribution in [0.1, 0.15) is 0 Å². The van der Waals surface area contributed by atoms with E-state index in [2.05, 4.69) is 301 Å². The van der Waals surface area contributed by atoms with E-state index >= 15 is 0 Å². The molecule has 398 valence electrons. The van der Waals surface area contributed by atoms with Crippen molar-refractivity contribution in [3.05, 3.63) is 291 Å². The van der Waals surface area contributed by atoms with E-state index in [0.29, 0.717) is 0 Å². The molecule has 0 amide bonds. The molecule has 0 N–H and O–H groups in total. The number of hydrogen-bond donors (Lipinski definition) is 0. The summed E-state index contributed by atoms with van der Waals surface area (Å²) < 4.78 is 13.7. The Morgan fingerprint density at radius 2 is 0.384 bits per heavy atom. The van der Waals surface area contributed by atoms with Crippen LogP contribution < -0.4 is 9.80 Å². The van der Waals surface area contributed by atoms with Crippen molar-refractivity contribution >= 4 is 186 Å². The summed E-state index contributed by atoms with van der Waals surface area (Å²) in [5, 5.41) is 28.4. The van der Waals surface area contributed by atoms with Crippen LogP contribution in [-0.2, 0) is 0 Å². The molecule has 0 aliphatic rings. The van der Waals surface area contributed by atoms with Gasteiger partial charge in [-0.25, -0.2) is 0 Å². The summed E-state index contributed by atoms with van der Waals surface area (Å²) in [5.74, 6) is 0. The van der Waals surface area contributed by atoms with Gasteiger partial charge in [-0.05, 0) is 217 Å². The topological polar surface area (TPSA) is 32.8 Å². The number of hydrogen-bond acceptors (Lipinski definition) is 4. The maximum atomic E-state index is 6.87. The third-order valence-electron chi connectivity index (χ3n) is 18.4. The smallest absolute Gasteiger partial charge is 0.136 e. The fraction of sp³-hybridized carbons (Fsp3) is 0. The molecular weight excluding hydrogens is 1040 g/mol. The lowest BCUT2D eigenvalue weighted by Crippen LogP contribution is -2.10. The average molecular weight is 1090 g/mol. The minimum atomic E-state index is 0.831. The Bertz CT molecular complexity index is 5510. The summed E-state index contributed by atoms with van der Waals surface area (Å²) in [6, 6.07) is 107. The predicted octanol–water partition coefficient (Wildman–Crippen LogP) is 24.0. The SMILES string of the molecule is c1ccc2c(c1)ccc1cc(N(c3ccc4cc5c(cc4c3)oc3cc4c(cc35)oc3cc5cc(N(c6ccc7c(ccc8ccccc87)c6)c6ccc7c(ccc8ccccc87)c6)ccc5cc34)c3ccc4c(ccc5ccccc54)c3)ccc12. The number of furan rings is 2. The van der Waals surface area contributed by atoms with Crippen LogP contribution in [0.25, 0.3) is 152 Å². The molecule has 0 bridgehead atoms. The van der Waals surface area contributed by atoms with Crippen molar-refractivity contribution in [1.82, 2.24) is 0 Å². The maximum absolute atomic E-state index is 6.87. The molecule has 0 spiro atoms. The Labute approximate surface area is 492 Å². The second kappa shape index (κ2) is 18.0. The molecule has 19 rings (SSSR count). The van der Waals surface area contributed by atoms with Crippen molar-refractivity contribution in [2.45, 2.75) is 0 Å². The summed E-state index contributed by atoms with van der Waals surface area (Å²) >= 11 is 0. The molecule has 0 fully saturated rings. The van der Waals surface area contributed by atoms with E-state index < -0.39 is 0 Å². The highest BCUT2D eigenvalue weighted by atomic mass is 16.3. The molecule has 0 aliphatic heterocycles. The van der Waals surface area contributed by atoms with E-state index in [4.69, 9.17) is 8.83 Å². The van der Waals surface area contributed by atoms with Gasteiger partial charge in [0, 0.05) is 55.7 Å². The van der Waals surface area contributed by atoms with E-state index in [0.717, 1.165) is 99.5 Å². The van der Waals surface area contributed by atoms with Crippen molar-refractivity contribution < 1.29 is 8.83 Å². The summed E-state index contributed by atoms with van der Waals surface area (Å²) in [6.07, 6.45) is 0. The van der Waals surface area contributed by atoms with Gasteiger partial charge < -0.3 is 18.6 Å². The van der Waals surface area contributed by atoms with Crippen LogP contribution in [0, 0.1) is 0 Å². The van der Waals surface area contributed by atoms with Crippen molar-refractivity contribution in [3.8, 4) is 0 Å². The molecule has 0 aliphatic carbocycles. The molecule has 2 aromatic heterocycles. The van der Waals surface area contributed by atoms with Gasteiger partial charge in [0.1, 0.15) is 22.3 Å². The zero-order valence-corrected chi connectivity index (χ0v) is 46.4. The Balaban J connectivity index is 0.714. The third kappa shape index (κ3) is 7.23. The number of nitrogens with zero attached hydrogens (tertiary/aromatic N) is 2. The standard InChI is InChI=1S/C82H48N2O2/c1-5-13-67-49(9-1)17-21-55-37-63(29-33-71(55)67)83(64-30-34-72-56(38-64)22-18-50-10-2-6-14-68(50)72)61-27-25-53-43-75-77-47-82-78(48-81(77)85-79(75)45-59(53)41-61)76-44-54-26-28-62(42-60(54)46-80(76)86-82)84(65-31-35-73-57(39-65)23-19-51-11-3-7-15-69(51)73)66-32-36-74-58(40-66)24-20-52-12-4-8-16-70(52)74/h1-48H. The molecular formula is C82H48N2O2. The number of anilines is 6. The van der Waals surface area contributed by atoms with Crippen molar-refractivity contribution in [2.75, 3.05) is 9.80 Å². The Morgan fingerprint density at radius 3 is 0.709 bits per heavy atom. The molecule has 4 nitrogen and oxygen atoms in total. The van der Waals surface area contributed by atoms with Gasteiger partial charge in [-0.3, -0.25) is 0 Å². The molecule has 19 aromatic rings. The number of benzene rings is 17. The average Bonchev–Trinajstić information content (AvgIpc) is 3.99. The molecule has 0 radical (unpaired) electrons. The van der Waals surface area contributed by atoms with Gasteiger partial charge in [-0.1, -0.05) is 182 Å². The largest absolute Gasteiger partial charge is 0.456 e. The quantitative estimate of drug-likeness (QED) is 0.155. The molecule has 17 aromatic carbocycles. The normalized spacial score (nSPS) is 12.2. The molecule has 0 atom stereocenters. The van der Waals surface area contributed by atoms with Crippen LogP contribution in [-0.4, -0.2) is 0 Å². The van der Waals surface area contributed by atoms with Crippen molar-refractivity contribution in [1.29, 1.82) is 0 Å². The van der Waals surface area contributed by atoms with Gasteiger partial charge in [-0.2, -0.15) is 0 Å². The number of rotatable bonds is 6. The molecule has 0 saturated carbocycles. The van der Waals surface area contributed by atoms with Gasteiger partial charge in [0.05, 0.1) is 0 Å². The highest BCUT2D eigenvalue weighted by molar-refractivity contribution is 6.19. The molecule has 86 heavy (non-hydrogen) atoms. The first-order valence-corrected chi connectivity index (χ1v) is 29.5. The Kier molecular flexibility index (Phi) is 9.86. The first-order chi connectivity index (χ1) is 42.5. The van der Waals surface area contributed by atoms with Crippen LogP contribution in [0.15, 0.2) is 300 Å². The minimum absolute atomic E-state index is 0.831. The number of fused-ring (bicyclic) bond motifs is 20. The van der Waals surface area contributed by atoms with Crippen molar-refractivity contribution in [2.24, 2.45) is 0 Å². The molecule has 4 heteroatoms. The van der Waals surface area contributed by atoms with Crippen molar-refractivity contribution in [3.63, 3.8) is 0 Å². The lowest BCUT2D eigenvalue weighted by atomic mass is 9.99. The maximum Gasteiger partial charge on any atom is 0.136 e. The summed E-state index contributed by atoms with van der Waals surface area (Å²) in [5.41, 5.74) is 9.83. The van der Waals surface area contributed by atoms with Crippen LogP contribution in [0.2, 0.25) is 0 Å². The zero-order chi connectivity index (χ0) is 56.1. The van der Waals surface area contributed by atoms with E-state index in [-0.39, 0.29) is 0 Å². The monoisotopic (exact) mass is 1090 g/mol.